The third-order valence-corrected chi connectivity index (χ3v) is 1.70. The van der Waals surface area contributed by atoms with Crippen molar-refractivity contribution in [3.05, 3.63) is 0 Å². The molecule has 0 aromatic heterocycles. The van der Waals surface area contributed by atoms with Gasteiger partial charge in [0.2, 0.25) is 0 Å². The van der Waals surface area contributed by atoms with E-state index in [9.17, 15) is 13.2 Å². The van der Waals surface area contributed by atoms with Gasteiger partial charge < -0.3 is 4.74 Å². The van der Waals surface area contributed by atoms with Crippen molar-refractivity contribution in [1.82, 2.24) is 4.90 Å². The molecule has 0 spiro atoms. The van der Waals surface area contributed by atoms with Crippen molar-refractivity contribution in [1.29, 1.82) is 0 Å². The predicted octanol–water partition coefficient (Wildman–Crippen LogP) is 2.25. The van der Waals surface area contributed by atoms with E-state index in [1.165, 1.54) is 0 Å². The Bertz CT molecular complexity index is 150. The summed E-state index contributed by atoms with van der Waals surface area (Å²) in [5, 5.41) is 0. The summed E-state index contributed by atoms with van der Waals surface area (Å²) < 4.78 is 39.5. The quantitative estimate of drug-likeness (QED) is 0.646. The first kappa shape index (κ1) is 12.7. The number of halogens is 3. The Labute approximate surface area is 76.7 Å². The molecule has 0 heterocycles. The van der Waals surface area contributed by atoms with Crippen LogP contribution in [-0.2, 0) is 4.74 Å². The highest BCUT2D eigenvalue weighted by Crippen LogP contribution is 2.15. The molecule has 5 heteroatoms. The van der Waals surface area contributed by atoms with Crippen LogP contribution in [0, 0.1) is 0 Å². The van der Waals surface area contributed by atoms with E-state index in [0.29, 0.717) is 0 Å². The molecule has 0 N–H and O–H groups in total. The highest BCUT2D eigenvalue weighted by Gasteiger charge is 2.28. The zero-order valence-corrected chi connectivity index (χ0v) is 8.40. The van der Waals surface area contributed by atoms with Crippen LogP contribution in [0.15, 0.2) is 0 Å². The van der Waals surface area contributed by atoms with Crippen LogP contribution < -0.4 is 0 Å². The van der Waals surface area contributed by atoms with Crippen LogP contribution in [0.4, 0.5) is 13.2 Å². The highest BCUT2D eigenvalue weighted by molar-refractivity contribution is 4.70. The lowest BCUT2D eigenvalue weighted by Gasteiger charge is -2.31. The van der Waals surface area contributed by atoms with Gasteiger partial charge in [0.25, 0.3) is 0 Å². The zero-order valence-electron chi connectivity index (χ0n) is 8.40. The predicted molar refractivity (Wildman–Crippen MR) is 44.4 cm³/mol. The second kappa shape index (κ2) is 4.28. The number of hydrogen-bond acceptors (Lipinski definition) is 2. The summed E-state index contributed by atoms with van der Waals surface area (Å²) in [6.07, 6.45) is -4.24. The van der Waals surface area contributed by atoms with Crippen LogP contribution >= 0.6 is 0 Å². The van der Waals surface area contributed by atoms with Gasteiger partial charge in [-0.25, -0.2) is 0 Å². The summed E-state index contributed by atoms with van der Waals surface area (Å²) in [6, 6.07) is 0. The maximum absolute atomic E-state index is 11.7. The molecule has 0 rings (SSSR count). The average molecular weight is 199 g/mol. The van der Waals surface area contributed by atoms with Crippen molar-refractivity contribution in [3.8, 4) is 0 Å². The Kier molecular flexibility index (Phi) is 4.19. The number of alkyl halides is 3. The molecule has 0 aromatic carbocycles. The molecule has 0 aliphatic carbocycles. The van der Waals surface area contributed by atoms with E-state index >= 15 is 0 Å². The molecule has 0 aliphatic rings. The van der Waals surface area contributed by atoms with Crippen LogP contribution in [0.1, 0.15) is 20.8 Å². The average Bonchev–Trinajstić information content (AvgIpc) is 1.82. The van der Waals surface area contributed by atoms with E-state index in [0.717, 1.165) is 0 Å². The molecule has 0 radical (unpaired) electrons. The lowest BCUT2D eigenvalue weighted by Crippen LogP contribution is -2.40. The van der Waals surface area contributed by atoms with E-state index in [2.05, 4.69) is 4.74 Å². The first-order valence-electron chi connectivity index (χ1n) is 3.98. The van der Waals surface area contributed by atoms with Crippen molar-refractivity contribution in [3.63, 3.8) is 0 Å². The van der Waals surface area contributed by atoms with Crippen molar-refractivity contribution in [2.24, 2.45) is 0 Å². The van der Waals surface area contributed by atoms with Gasteiger partial charge in [-0.3, -0.25) is 4.90 Å². The van der Waals surface area contributed by atoms with Gasteiger partial charge in [0.1, 0.15) is 6.61 Å². The Morgan fingerprint density at radius 2 is 1.62 bits per heavy atom. The molecule has 13 heavy (non-hydrogen) atoms. The van der Waals surface area contributed by atoms with Gasteiger partial charge in [-0.2, -0.15) is 13.2 Å². The standard InChI is InChI=1S/C8H16F3NO/c1-7(2,3)12(4)6-13-5-8(9,10)11/h5-6H2,1-4H3. The van der Waals surface area contributed by atoms with Gasteiger partial charge in [0.15, 0.2) is 0 Å². The number of rotatable bonds is 3. The summed E-state index contributed by atoms with van der Waals surface area (Å²) in [7, 11) is 1.72. The fourth-order valence-corrected chi connectivity index (χ4v) is 0.492. The van der Waals surface area contributed by atoms with E-state index in [-0.39, 0.29) is 12.3 Å². The number of nitrogens with zero attached hydrogens (tertiary/aromatic N) is 1. The number of hydrogen-bond donors (Lipinski definition) is 0. The lowest BCUT2D eigenvalue weighted by atomic mass is 10.1. The van der Waals surface area contributed by atoms with Crippen LogP contribution in [0.2, 0.25) is 0 Å². The van der Waals surface area contributed by atoms with Gasteiger partial charge in [-0.05, 0) is 27.8 Å². The summed E-state index contributed by atoms with van der Waals surface area (Å²) in [4.78, 5) is 1.71. The molecule has 0 bridgehead atoms. The first-order valence-corrected chi connectivity index (χ1v) is 3.98. The first-order chi connectivity index (χ1) is 5.63. The Balaban J connectivity index is 3.67. The molecule has 0 unspecified atom stereocenters. The summed E-state index contributed by atoms with van der Waals surface area (Å²) >= 11 is 0. The Morgan fingerprint density at radius 3 is 1.92 bits per heavy atom. The zero-order chi connectivity index (χ0) is 10.7. The minimum absolute atomic E-state index is 0.0109. The van der Waals surface area contributed by atoms with Crippen molar-refractivity contribution in [2.45, 2.75) is 32.5 Å². The van der Waals surface area contributed by atoms with Crippen LogP contribution in [0.25, 0.3) is 0 Å². The molecule has 80 valence electrons. The molecule has 0 aromatic rings. The summed E-state index contributed by atoms with van der Waals surface area (Å²) in [6.45, 7) is 4.52. The van der Waals surface area contributed by atoms with E-state index < -0.39 is 12.8 Å². The second-order valence-electron chi connectivity index (χ2n) is 3.96. The molecular formula is C8H16F3NO. The molecule has 0 atom stereocenters. The molecular weight excluding hydrogens is 183 g/mol. The fourth-order valence-electron chi connectivity index (χ4n) is 0.492. The van der Waals surface area contributed by atoms with Crippen LogP contribution in [-0.4, -0.2) is 37.0 Å². The largest absolute Gasteiger partial charge is 0.411 e. The van der Waals surface area contributed by atoms with Crippen molar-refractivity contribution < 1.29 is 17.9 Å². The summed E-state index contributed by atoms with van der Waals surface area (Å²) in [5.41, 5.74) is -0.175. The molecule has 0 aliphatic heterocycles. The Morgan fingerprint density at radius 1 is 1.15 bits per heavy atom. The number of ether oxygens (including phenoxy) is 1. The topological polar surface area (TPSA) is 12.5 Å². The van der Waals surface area contributed by atoms with Crippen LogP contribution in [0.3, 0.4) is 0 Å². The molecule has 0 saturated carbocycles. The molecule has 0 fully saturated rings. The van der Waals surface area contributed by atoms with Gasteiger partial charge in [-0.15, -0.1) is 0 Å². The smallest absolute Gasteiger partial charge is 0.357 e. The van der Waals surface area contributed by atoms with Gasteiger partial charge in [0.05, 0.1) is 6.73 Å². The highest BCUT2D eigenvalue weighted by atomic mass is 19.4. The van der Waals surface area contributed by atoms with Gasteiger partial charge in [0, 0.05) is 5.54 Å². The fraction of sp³-hybridized carbons (Fsp3) is 1.00. The maximum atomic E-state index is 11.7. The third-order valence-electron chi connectivity index (χ3n) is 1.70. The maximum Gasteiger partial charge on any atom is 0.411 e. The molecule has 2 nitrogen and oxygen atoms in total. The normalized spacial score (nSPS) is 13.8. The minimum atomic E-state index is -4.24. The van der Waals surface area contributed by atoms with Crippen molar-refractivity contribution in [2.75, 3.05) is 20.4 Å². The lowest BCUT2D eigenvalue weighted by molar-refractivity contribution is -0.185. The third kappa shape index (κ3) is 6.83. The van der Waals surface area contributed by atoms with Crippen molar-refractivity contribution >= 4 is 0 Å². The van der Waals surface area contributed by atoms with Crippen LogP contribution in [0.5, 0.6) is 0 Å². The van der Waals surface area contributed by atoms with E-state index in [4.69, 9.17) is 0 Å². The second-order valence-corrected chi connectivity index (χ2v) is 3.96. The van der Waals surface area contributed by atoms with E-state index in [1.807, 2.05) is 20.8 Å². The molecule has 0 saturated heterocycles. The van der Waals surface area contributed by atoms with Gasteiger partial charge >= 0.3 is 6.18 Å². The monoisotopic (exact) mass is 199 g/mol. The van der Waals surface area contributed by atoms with E-state index in [1.54, 1.807) is 11.9 Å². The van der Waals surface area contributed by atoms with Gasteiger partial charge in [-0.1, -0.05) is 0 Å². The molecule has 0 amide bonds. The minimum Gasteiger partial charge on any atom is -0.357 e. The Hall–Kier alpha value is -0.290. The summed E-state index contributed by atoms with van der Waals surface area (Å²) in [5.74, 6) is 0. The SMILES string of the molecule is CN(COCC(F)(F)F)C(C)(C)C.